The van der Waals surface area contributed by atoms with Gasteiger partial charge in [-0.2, -0.15) is 0 Å². The summed E-state index contributed by atoms with van der Waals surface area (Å²) in [5, 5.41) is 0.460. The van der Waals surface area contributed by atoms with Crippen molar-refractivity contribution >= 4 is 16.9 Å². The second kappa shape index (κ2) is 9.59. The fourth-order valence-electron chi connectivity index (χ4n) is 3.47. The molecule has 0 amide bonds. The highest BCUT2D eigenvalue weighted by Gasteiger charge is 2.27. The van der Waals surface area contributed by atoms with Crippen molar-refractivity contribution in [2.24, 2.45) is 0 Å². The number of carbonyl (C=O) groups excluding carboxylic acids is 1. The number of benzene rings is 2. The molecule has 6 heteroatoms. The summed E-state index contributed by atoms with van der Waals surface area (Å²) in [6.45, 7) is 8.96. The molecule has 0 spiro atoms. The molecule has 2 aromatic carbocycles. The first-order chi connectivity index (χ1) is 14.5. The Kier molecular flexibility index (Phi) is 6.90. The van der Waals surface area contributed by atoms with Crippen LogP contribution in [0.5, 0.6) is 5.75 Å². The van der Waals surface area contributed by atoms with Crippen LogP contribution in [0.4, 0.5) is 0 Å². The Morgan fingerprint density at radius 2 is 1.77 bits per heavy atom. The summed E-state index contributed by atoms with van der Waals surface area (Å²) in [5.74, 6) is 0.516. The molecule has 158 valence electrons. The molecule has 0 bridgehead atoms. The van der Waals surface area contributed by atoms with Gasteiger partial charge >= 0.3 is 5.97 Å². The lowest BCUT2D eigenvalue weighted by atomic mass is 10.0. The minimum absolute atomic E-state index is 0.0998. The van der Waals surface area contributed by atoms with E-state index in [1.54, 1.807) is 32.0 Å². The van der Waals surface area contributed by atoms with Gasteiger partial charge in [0.1, 0.15) is 17.1 Å². The van der Waals surface area contributed by atoms with Crippen LogP contribution >= 0.6 is 0 Å². The van der Waals surface area contributed by atoms with Gasteiger partial charge in [-0.3, -0.25) is 9.69 Å². The molecular formula is C24H27NO5. The zero-order chi connectivity index (χ0) is 21.7. The molecule has 1 atom stereocenters. The van der Waals surface area contributed by atoms with Gasteiger partial charge < -0.3 is 13.9 Å². The van der Waals surface area contributed by atoms with E-state index in [1.165, 1.54) is 0 Å². The van der Waals surface area contributed by atoms with E-state index in [0.29, 0.717) is 41.1 Å². The maximum Gasteiger partial charge on any atom is 0.363 e. The predicted octanol–water partition coefficient (Wildman–Crippen LogP) is 4.38. The van der Waals surface area contributed by atoms with Crippen molar-refractivity contribution in [3.05, 3.63) is 64.5 Å². The third-order valence-electron chi connectivity index (χ3n) is 4.98. The van der Waals surface area contributed by atoms with Gasteiger partial charge in [-0.25, -0.2) is 4.79 Å². The minimum atomic E-state index is -0.867. The van der Waals surface area contributed by atoms with Crippen molar-refractivity contribution in [1.82, 2.24) is 4.90 Å². The predicted molar refractivity (Wildman–Crippen MR) is 117 cm³/mol. The number of ether oxygens (including phenoxy) is 2. The van der Waals surface area contributed by atoms with Crippen molar-refractivity contribution in [1.29, 1.82) is 0 Å². The maximum atomic E-state index is 13.1. The number of hydrogen-bond donors (Lipinski definition) is 0. The van der Waals surface area contributed by atoms with E-state index in [0.717, 1.165) is 5.56 Å². The van der Waals surface area contributed by atoms with Gasteiger partial charge in [-0.05, 0) is 44.6 Å². The summed E-state index contributed by atoms with van der Waals surface area (Å²) in [6.07, 6.45) is -0.867. The lowest BCUT2D eigenvalue weighted by Gasteiger charge is -2.28. The molecule has 0 aliphatic rings. The van der Waals surface area contributed by atoms with E-state index in [2.05, 4.69) is 0 Å². The summed E-state index contributed by atoms with van der Waals surface area (Å²) in [5.41, 5.74) is 1.67. The van der Waals surface area contributed by atoms with Crippen LogP contribution in [-0.2, 0) is 9.53 Å². The van der Waals surface area contributed by atoms with Crippen LogP contribution in [-0.4, -0.2) is 36.8 Å². The number of rotatable bonds is 8. The maximum absolute atomic E-state index is 13.1. The largest absolute Gasteiger partial charge is 0.464 e. The lowest BCUT2D eigenvalue weighted by molar-refractivity contribution is -0.160. The molecule has 0 aliphatic heterocycles. The van der Waals surface area contributed by atoms with E-state index in [1.807, 2.05) is 49.1 Å². The van der Waals surface area contributed by atoms with Crippen LogP contribution in [0.25, 0.3) is 22.1 Å². The highest BCUT2D eigenvalue weighted by atomic mass is 16.6. The first-order valence-electron chi connectivity index (χ1n) is 10.2. The molecule has 6 nitrogen and oxygen atoms in total. The number of carbonyl (C=O) groups is 1. The van der Waals surface area contributed by atoms with E-state index < -0.39 is 12.2 Å². The molecule has 0 aliphatic carbocycles. The third-order valence-corrected chi connectivity index (χ3v) is 4.98. The normalized spacial score (nSPS) is 12.2. The first-order valence-corrected chi connectivity index (χ1v) is 10.2. The van der Waals surface area contributed by atoms with Gasteiger partial charge in [-0.15, -0.1) is 0 Å². The molecule has 0 saturated carbocycles. The van der Waals surface area contributed by atoms with E-state index in [9.17, 15) is 9.59 Å². The SMILES string of the molecule is CCOC(=O)C(Oc1ccc2c(=O)c(-c3ccccc3)c(C)oc2c1)N(CC)CC. The van der Waals surface area contributed by atoms with Crippen LogP contribution in [0.15, 0.2) is 57.7 Å². The topological polar surface area (TPSA) is 69.0 Å². The Balaban J connectivity index is 2.01. The van der Waals surface area contributed by atoms with Gasteiger partial charge in [0, 0.05) is 6.07 Å². The smallest absolute Gasteiger partial charge is 0.363 e. The monoisotopic (exact) mass is 409 g/mol. The molecule has 3 rings (SSSR count). The van der Waals surface area contributed by atoms with Crippen molar-refractivity contribution in [3.8, 4) is 16.9 Å². The van der Waals surface area contributed by atoms with Crippen LogP contribution in [0, 0.1) is 6.92 Å². The average molecular weight is 409 g/mol. The molecule has 1 heterocycles. The van der Waals surface area contributed by atoms with Crippen LogP contribution in [0.1, 0.15) is 26.5 Å². The third kappa shape index (κ3) is 4.39. The Labute approximate surface area is 176 Å². The van der Waals surface area contributed by atoms with Crippen LogP contribution in [0.3, 0.4) is 0 Å². The lowest BCUT2D eigenvalue weighted by Crippen LogP contribution is -2.46. The second-order valence-electron chi connectivity index (χ2n) is 6.83. The summed E-state index contributed by atoms with van der Waals surface area (Å²) < 4.78 is 17.1. The van der Waals surface area contributed by atoms with Gasteiger partial charge in [-0.1, -0.05) is 44.2 Å². The fraction of sp³-hybridized carbons (Fsp3) is 0.333. The molecule has 3 aromatic rings. The number of hydrogen-bond acceptors (Lipinski definition) is 6. The zero-order valence-corrected chi connectivity index (χ0v) is 17.8. The van der Waals surface area contributed by atoms with Crippen LogP contribution in [0.2, 0.25) is 0 Å². The molecular weight excluding hydrogens is 382 g/mol. The van der Waals surface area contributed by atoms with E-state index in [4.69, 9.17) is 13.9 Å². The van der Waals surface area contributed by atoms with Crippen molar-refractivity contribution in [3.63, 3.8) is 0 Å². The minimum Gasteiger partial charge on any atom is -0.464 e. The van der Waals surface area contributed by atoms with Gasteiger partial charge in [0.05, 0.1) is 17.6 Å². The summed E-state index contributed by atoms with van der Waals surface area (Å²) in [4.78, 5) is 27.4. The highest BCUT2D eigenvalue weighted by Crippen LogP contribution is 2.27. The van der Waals surface area contributed by atoms with Crippen molar-refractivity contribution < 1.29 is 18.7 Å². The van der Waals surface area contributed by atoms with Gasteiger partial charge in [0.2, 0.25) is 5.43 Å². The van der Waals surface area contributed by atoms with Crippen molar-refractivity contribution in [2.45, 2.75) is 33.9 Å². The molecule has 0 radical (unpaired) electrons. The van der Waals surface area contributed by atoms with Gasteiger partial charge in [0.15, 0.2) is 0 Å². The Morgan fingerprint density at radius 3 is 2.40 bits per heavy atom. The Morgan fingerprint density at radius 1 is 1.07 bits per heavy atom. The number of nitrogens with zero attached hydrogens (tertiary/aromatic N) is 1. The van der Waals surface area contributed by atoms with Gasteiger partial charge in [0.25, 0.3) is 6.23 Å². The molecule has 30 heavy (non-hydrogen) atoms. The number of aryl methyl sites for hydroxylation is 1. The number of likely N-dealkylation sites (N-methyl/N-ethyl adjacent to an activating group) is 1. The highest BCUT2D eigenvalue weighted by molar-refractivity contribution is 5.84. The van der Waals surface area contributed by atoms with Crippen LogP contribution < -0.4 is 10.2 Å². The molecule has 0 saturated heterocycles. The Hall–Kier alpha value is -3.12. The van der Waals surface area contributed by atoms with E-state index >= 15 is 0 Å². The summed E-state index contributed by atoms with van der Waals surface area (Å²) in [7, 11) is 0. The molecule has 1 unspecified atom stereocenters. The first kappa shape index (κ1) is 21.6. The average Bonchev–Trinajstić information content (AvgIpc) is 2.74. The van der Waals surface area contributed by atoms with Crippen molar-refractivity contribution in [2.75, 3.05) is 19.7 Å². The second-order valence-corrected chi connectivity index (χ2v) is 6.83. The Bertz CT molecular complexity index is 1070. The summed E-state index contributed by atoms with van der Waals surface area (Å²) >= 11 is 0. The zero-order valence-electron chi connectivity index (χ0n) is 17.8. The molecule has 0 fully saturated rings. The number of esters is 1. The quantitative estimate of drug-likeness (QED) is 0.406. The fourth-order valence-corrected chi connectivity index (χ4v) is 3.47. The summed E-state index contributed by atoms with van der Waals surface area (Å²) in [6, 6.07) is 14.4. The molecule has 1 aromatic heterocycles. The number of fused-ring (bicyclic) bond motifs is 1. The molecule has 0 N–H and O–H groups in total. The van der Waals surface area contributed by atoms with E-state index in [-0.39, 0.29) is 12.0 Å². The standard InChI is InChI=1S/C24H27NO5/c1-5-25(6-2)23(24(27)28-7-3)30-18-13-14-19-20(15-18)29-16(4)21(22(19)26)17-11-9-8-10-12-17/h8-15,23H,5-7H2,1-4H3.